The van der Waals surface area contributed by atoms with Crippen molar-refractivity contribution in [3.8, 4) is 0 Å². The second-order valence-electron chi connectivity index (χ2n) is 6.04. The van der Waals surface area contributed by atoms with E-state index in [0.717, 1.165) is 18.5 Å². The zero-order valence-electron chi connectivity index (χ0n) is 12.2. The first-order valence-corrected chi connectivity index (χ1v) is 7.65. The van der Waals surface area contributed by atoms with Crippen LogP contribution in [0.5, 0.6) is 0 Å². The molecule has 1 atom stereocenters. The number of nitrogens with zero attached hydrogens (tertiary/aromatic N) is 1. The van der Waals surface area contributed by atoms with Crippen LogP contribution in [0.2, 0.25) is 0 Å². The molecule has 1 aliphatic heterocycles. The lowest BCUT2D eigenvalue weighted by Crippen LogP contribution is -2.34. The van der Waals surface area contributed by atoms with Crippen LogP contribution in [0.25, 0.3) is 0 Å². The molecule has 102 valence electrons. The second-order valence-corrected chi connectivity index (χ2v) is 6.04. The van der Waals surface area contributed by atoms with Crippen molar-refractivity contribution in [3.05, 3.63) is 0 Å². The van der Waals surface area contributed by atoms with E-state index < -0.39 is 0 Å². The highest BCUT2D eigenvalue weighted by Gasteiger charge is 2.14. The number of nitrogens with one attached hydrogen (secondary N) is 1. The maximum absolute atomic E-state index is 3.54. The fraction of sp³-hybridized carbons (Fsp3) is 1.00. The summed E-state index contributed by atoms with van der Waals surface area (Å²) in [4.78, 5) is 2.70. The van der Waals surface area contributed by atoms with Gasteiger partial charge in [0.05, 0.1) is 0 Å². The van der Waals surface area contributed by atoms with Gasteiger partial charge in [0, 0.05) is 6.04 Å². The summed E-state index contributed by atoms with van der Waals surface area (Å²) >= 11 is 0. The minimum absolute atomic E-state index is 0.776. The summed E-state index contributed by atoms with van der Waals surface area (Å²) < 4.78 is 0. The number of likely N-dealkylation sites (tertiary alicyclic amines) is 1. The van der Waals surface area contributed by atoms with Crippen molar-refractivity contribution in [2.75, 3.05) is 26.2 Å². The molecule has 0 aromatic heterocycles. The fourth-order valence-corrected chi connectivity index (χ4v) is 2.63. The Balaban J connectivity index is 2.04. The van der Waals surface area contributed by atoms with Crippen molar-refractivity contribution in [2.24, 2.45) is 5.92 Å². The molecule has 0 bridgehead atoms. The maximum Gasteiger partial charge on any atom is 0.00674 e. The van der Waals surface area contributed by atoms with Crippen LogP contribution in [0.4, 0.5) is 0 Å². The minimum Gasteiger partial charge on any atom is -0.316 e. The van der Waals surface area contributed by atoms with E-state index in [1.165, 1.54) is 58.2 Å². The molecule has 1 heterocycles. The van der Waals surface area contributed by atoms with Crippen LogP contribution >= 0.6 is 0 Å². The molecule has 1 saturated heterocycles. The molecule has 1 aliphatic rings. The Bertz CT molecular complexity index is 172. The Morgan fingerprint density at radius 1 is 1.00 bits per heavy atom. The Morgan fingerprint density at radius 2 is 1.65 bits per heavy atom. The van der Waals surface area contributed by atoms with Crippen molar-refractivity contribution in [2.45, 2.75) is 65.3 Å². The van der Waals surface area contributed by atoms with Gasteiger partial charge in [0.2, 0.25) is 0 Å². The topological polar surface area (TPSA) is 15.3 Å². The quantitative estimate of drug-likeness (QED) is 0.687. The third kappa shape index (κ3) is 7.05. The molecule has 0 aliphatic carbocycles. The molecular formula is C15H32N2. The van der Waals surface area contributed by atoms with Crippen LogP contribution in [-0.2, 0) is 0 Å². The van der Waals surface area contributed by atoms with Gasteiger partial charge in [-0.25, -0.2) is 0 Å². The molecule has 0 spiro atoms. The van der Waals surface area contributed by atoms with Crippen molar-refractivity contribution < 1.29 is 0 Å². The van der Waals surface area contributed by atoms with Gasteiger partial charge in [0.25, 0.3) is 0 Å². The molecule has 1 unspecified atom stereocenters. The zero-order valence-corrected chi connectivity index (χ0v) is 12.2. The number of rotatable bonds is 7. The fourth-order valence-electron chi connectivity index (χ4n) is 2.63. The summed E-state index contributed by atoms with van der Waals surface area (Å²) in [6.45, 7) is 12.0. The van der Waals surface area contributed by atoms with Crippen molar-refractivity contribution in [3.63, 3.8) is 0 Å². The molecule has 0 aromatic carbocycles. The number of hydrogen-bond donors (Lipinski definition) is 1. The molecule has 0 radical (unpaired) electrons. The molecule has 0 amide bonds. The highest BCUT2D eigenvalue weighted by molar-refractivity contribution is 4.70. The smallest absolute Gasteiger partial charge is 0.00674 e. The second kappa shape index (κ2) is 8.93. The van der Waals surface area contributed by atoms with Gasteiger partial charge in [-0.1, -0.05) is 26.7 Å². The van der Waals surface area contributed by atoms with E-state index in [4.69, 9.17) is 0 Å². The van der Waals surface area contributed by atoms with Crippen LogP contribution in [0, 0.1) is 5.92 Å². The third-order valence-electron chi connectivity index (χ3n) is 3.79. The summed E-state index contributed by atoms with van der Waals surface area (Å²) in [6.07, 6.45) is 8.39. The van der Waals surface area contributed by atoms with Crippen LogP contribution in [0.15, 0.2) is 0 Å². The van der Waals surface area contributed by atoms with Gasteiger partial charge in [0.15, 0.2) is 0 Å². The third-order valence-corrected chi connectivity index (χ3v) is 3.79. The molecule has 0 saturated carbocycles. The Kier molecular flexibility index (Phi) is 7.87. The predicted octanol–water partition coefficient (Wildman–Crippen LogP) is 3.28. The first-order chi connectivity index (χ1) is 8.20. The van der Waals surface area contributed by atoms with Crippen LogP contribution < -0.4 is 5.32 Å². The monoisotopic (exact) mass is 240 g/mol. The van der Waals surface area contributed by atoms with Crippen LogP contribution in [-0.4, -0.2) is 37.1 Å². The van der Waals surface area contributed by atoms with E-state index in [1.54, 1.807) is 0 Å². The van der Waals surface area contributed by atoms with Crippen molar-refractivity contribution in [1.82, 2.24) is 10.2 Å². The normalized spacial score (nSPS) is 20.5. The summed E-state index contributed by atoms with van der Waals surface area (Å²) in [5.74, 6) is 0.776. The Morgan fingerprint density at radius 3 is 2.24 bits per heavy atom. The molecular weight excluding hydrogens is 208 g/mol. The SMILES string of the molecule is CC(C)CNCCCC(C)N1CCCCCC1. The van der Waals surface area contributed by atoms with E-state index in [1.807, 2.05) is 0 Å². The number of hydrogen-bond acceptors (Lipinski definition) is 2. The molecule has 0 aromatic rings. The molecule has 1 N–H and O–H groups in total. The first-order valence-electron chi connectivity index (χ1n) is 7.65. The first kappa shape index (κ1) is 15.0. The summed E-state index contributed by atoms with van der Waals surface area (Å²) in [7, 11) is 0. The van der Waals surface area contributed by atoms with Gasteiger partial charge in [-0.15, -0.1) is 0 Å². The molecule has 2 nitrogen and oxygen atoms in total. The lowest BCUT2D eigenvalue weighted by atomic mass is 10.1. The van der Waals surface area contributed by atoms with Gasteiger partial charge >= 0.3 is 0 Å². The zero-order chi connectivity index (χ0) is 12.5. The van der Waals surface area contributed by atoms with Crippen LogP contribution in [0.1, 0.15) is 59.3 Å². The van der Waals surface area contributed by atoms with Crippen molar-refractivity contribution in [1.29, 1.82) is 0 Å². The van der Waals surface area contributed by atoms with E-state index in [2.05, 4.69) is 31.0 Å². The highest BCUT2D eigenvalue weighted by atomic mass is 15.1. The van der Waals surface area contributed by atoms with Gasteiger partial charge in [0.1, 0.15) is 0 Å². The Hall–Kier alpha value is -0.0800. The Labute approximate surface area is 108 Å². The molecule has 1 rings (SSSR count). The highest BCUT2D eigenvalue weighted by Crippen LogP contribution is 2.14. The standard InChI is InChI=1S/C15H32N2/c1-14(2)13-16-10-8-9-15(3)17-11-6-4-5-7-12-17/h14-16H,4-13H2,1-3H3. The van der Waals surface area contributed by atoms with Gasteiger partial charge in [-0.2, -0.15) is 0 Å². The summed E-state index contributed by atoms with van der Waals surface area (Å²) in [5.41, 5.74) is 0. The maximum atomic E-state index is 3.54. The average Bonchev–Trinajstić information content (AvgIpc) is 2.56. The molecule has 2 heteroatoms. The van der Waals surface area contributed by atoms with Gasteiger partial charge < -0.3 is 10.2 Å². The van der Waals surface area contributed by atoms with Gasteiger partial charge in [-0.05, 0) is 64.7 Å². The lowest BCUT2D eigenvalue weighted by molar-refractivity contribution is 0.204. The minimum atomic E-state index is 0.776. The van der Waals surface area contributed by atoms with E-state index in [9.17, 15) is 0 Å². The van der Waals surface area contributed by atoms with E-state index in [-0.39, 0.29) is 0 Å². The summed E-state index contributed by atoms with van der Waals surface area (Å²) in [5, 5.41) is 3.54. The molecule has 1 fully saturated rings. The van der Waals surface area contributed by atoms with Crippen LogP contribution in [0.3, 0.4) is 0 Å². The summed E-state index contributed by atoms with van der Waals surface area (Å²) in [6, 6.07) is 0.786. The van der Waals surface area contributed by atoms with Gasteiger partial charge in [-0.3, -0.25) is 0 Å². The van der Waals surface area contributed by atoms with E-state index in [0.29, 0.717) is 0 Å². The largest absolute Gasteiger partial charge is 0.316 e. The predicted molar refractivity (Wildman–Crippen MR) is 76.4 cm³/mol. The van der Waals surface area contributed by atoms with Crippen molar-refractivity contribution >= 4 is 0 Å². The molecule has 17 heavy (non-hydrogen) atoms. The average molecular weight is 240 g/mol. The lowest BCUT2D eigenvalue weighted by Gasteiger charge is -2.27. The van der Waals surface area contributed by atoms with E-state index >= 15 is 0 Å².